The van der Waals surface area contributed by atoms with Gasteiger partial charge in [-0.15, -0.1) is 0 Å². The van der Waals surface area contributed by atoms with E-state index in [2.05, 4.69) is 25.3 Å². The molecule has 1 atom stereocenters. The molecule has 0 aliphatic heterocycles. The van der Waals surface area contributed by atoms with E-state index in [-0.39, 0.29) is 5.82 Å². The van der Waals surface area contributed by atoms with Crippen molar-refractivity contribution in [2.75, 3.05) is 24.3 Å². The standard InChI is InChI=1S/C10H15FN4O2/c1-4-12-10-13-5-7(11)8(15-10)14-6(2)9(16)17-3/h5-6H,4H2,1-3H3,(H2,12,13,14,15). The number of halogens is 1. The molecule has 6 nitrogen and oxygen atoms in total. The van der Waals surface area contributed by atoms with Crippen LogP contribution in [0.1, 0.15) is 13.8 Å². The summed E-state index contributed by atoms with van der Waals surface area (Å²) in [4.78, 5) is 18.8. The summed E-state index contributed by atoms with van der Waals surface area (Å²) in [5, 5.41) is 5.47. The van der Waals surface area contributed by atoms with Gasteiger partial charge in [-0.1, -0.05) is 0 Å². The number of esters is 1. The highest BCUT2D eigenvalue weighted by atomic mass is 19.1. The predicted octanol–water partition coefficient (Wildman–Crippen LogP) is 1.02. The molecule has 7 heteroatoms. The van der Waals surface area contributed by atoms with Crippen molar-refractivity contribution in [3.8, 4) is 0 Å². The lowest BCUT2D eigenvalue weighted by molar-refractivity contribution is -0.141. The van der Waals surface area contributed by atoms with E-state index in [1.165, 1.54) is 7.11 Å². The number of carbonyl (C=O) groups is 1. The highest BCUT2D eigenvalue weighted by molar-refractivity contribution is 5.78. The van der Waals surface area contributed by atoms with Crippen LogP contribution in [0.15, 0.2) is 6.20 Å². The molecule has 0 radical (unpaired) electrons. The Morgan fingerprint density at radius 2 is 2.35 bits per heavy atom. The molecular weight excluding hydrogens is 227 g/mol. The Hall–Kier alpha value is -1.92. The average Bonchev–Trinajstić information content (AvgIpc) is 2.32. The van der Waals surface area contributed by atoms with Crippen molar-refractivity contribution in [3.63, 3.8) is 0 Å². The van der Waals surface area contributed by atoms with Crippen molar-refractivity contribution < 1.29 is 13.9 Å². The van der Waals surface area contributed by atoms with E-state index in [1.54, 1.807) is 6.92 Å². The minimum absolute atomic E-state index is 0.0335. The SMILES string of the molecule is CCNc1ncc(F)c(NC(C)C(=O)OC)n1. The number of hydrogen-bond acceptors (Lipinski definition) is 6. The van der Waals surface area contributed by atoms with E-state index < -0.39 is 17.8 Å². The lowest BCUT2D eigenvalue weighted by Crippen LogP contribution is -2.28. The van der Waals surface area contributed by atoms with E-state index in [1.807, 2.05) is 6.92 Å². The Balaban J connectivity index is 2.82. The first-order chi connectivity index (χ1) is 8.08. The summed E-state index contributed by atoms with van der Waals surface area (Å²) >= 11 is 0. The van der Waals surface area contributed by atoms with Crippen LogP contribution >= 0.6 is 0 Å². The number of carbonyl (C=O) groups excluding carboxylic acids is 1. The van der Waals surface area contributed by atoms with Crippen molar-refractivity contribution >= 4 is 17.7 Å². The number of anilines is 2. The predicted molar refractivity (Wildman–Crippen MR) is 61.3 cm³/mol. The molecule has 2 N–H and O–H groups in total. The summed E-state index contributed by atoms with van der Waals surface area (Å²) in [6, 6.07) is -0.682. The number of nitrogens with one attached hydrogen (secondary N) is 2. The van der Waals surface area contributed by atoms with Crippen molar-refractivity contribution in [2.45, 2.75) is 19.9 Å². The number of aromatic nitrogens is 2. The van der Waals surface area contributed by atoms with E-state index in [4.69, 9.17) is 0 Å². The number of ether oxygens (including phenoxy) is 1. The summed E-state index contributed by atoms with van der Waals surface area (Å²) in [6.45, 7) is 4.05. The van der Waals surface area contributed by atoms with E-state index in [0.717, 1.165) is 6.20 Å². The molecule has 0 aliphatic carbocycles. The zero-order valence-corrected chi connectivity index (χ0v) is 9.95. The van der Waals surface area contributed by atoms with Gasteiger partial charge >= 0.3 is 5.97 Å². The highest BCUT2D eigenvalue weighted by Crippen LogP contribution is 2.13. The lowest BCUT2D eigenvalue weighted by atomic mass is 10.3. The van der Waals surface area contributed by atoms with Gasteiger partial charge in [-0.05, 0) is 13.8 Å². The fourth-order valence-electron chi connectivity index (χ4n) is 1.15. The Kier molecular flexibility index (Phi) is 4.62. The number of methoxy groups -OCH3 is 1. The van der Waals surface area contributed by atoms with Gasteiger partial charge in [0.15, 0.2) is 11.6 Å². The quantitative estimate of drug-likeness (QED) is 0.751. The van der Waals surface area contributed by atoms with Crippen LogP contribution in [0.5, 0.6) is 0 Å². The smallest absolute Gasteiger partial charge is 0.328 e. The zero-order valence-electron chi connectivity index (χ0n) is 9.95. The van der Waals surface area contributed by atoms with Crippen LogP contribution in [-0.2, 0) is 9.53 Å². The van der Waals surface area contributed by atoms with Gasteiger partial charge < -0.3 is 15.4 Å². The minimum Gasteiger partial charge on any atom is -0.467 e. The van der Waals surface area contributed by atoms with Crippen molar-refractivity contribution in [1.29, 1.82) is 0 Å². The molecular formula is C10H15FN4O2. The molecule has 1 rings (SSSR count). The monoisotopic (exact) mass is 242 g/mol. The van der Waals surface area contributed by atoms with Gasteiger partial charge in [0.05, 0.1) is 13.3 Å². The van der Waals surface area contributed by atoms with Gasteiger partial charge in [0.2, 0.25) is 5.95 Å². The molecule has 1 unspecified atom stereocenters. The lowest BCUT2D eigenvalue weighted by Gasteiger charge is -2.13. The molecule has 94 valence electrons. The van der Waals surface area contributed by atoms with Crippen LogP contribution in [0, 0.1) is 5.82 Å². The second kappa shape index (κ2) is 5.97. The molecule has 0 fully saturated rings. The molecule has 0 saturated heterocycles. The maximum atomic E-state index is 13.4. The van der Waals surface area contributed by atoms with E-state index in [0.29, 0.717) is 12.5 Å². The first kappa shape index (κ1) is 13.1. The maximum Gasteiger partial charge on any atom is 0.328 e. The molecule has 1 aromatic rings. The minimum atomic E-state index is -0.682. The van der Waals surface area contributed by atoms with Gasteiger partial charge in [-0.2, -0.15) is 4.98 Å². The summed E-state index contributed by atoms with van der Waals surface area (Å²) in [6.07, 6.45) is 1.04. The van der Waals surface area contributed by atoms with Gasteiger partial charge in [0, 0.05) is 6.54 Å². The third kappa shape index (κ3) is 3.54. The maximum absolute atomic E-state index is 13.4. The van der Waals surface area contributed by atoms with Gasteiger partial charge in [0.1, 0.15) is 6.04 Å². The van der Waals surface area contributed by atoms with E-state index >= 15 is 0 Å². The molecule has 1 aromatic heterocycles. The number of hydrogen-bond donors (Lipinski definition) is 2. The first-order valence-corrected chi connectivity index (χ1v) is 5.19. The Bertz CT molecular complexity index is 400. The molecule has 1 heterocycles. The van der Waals surface area contributed by atoms with Crippen molar-refractivity contribution in [1.82, 2.24) is 9.97 Å². The fourth-order valence-corrected chi connectivity index (χ4v) is 1.15. The van der Waals surface area contributed by atoms with Gasteiger partial charge in [0.25, 0.3) is 0 Å². The van der Waals surface area contributed by atoms with Crippen LogP contribution in [-0.4, -0.2) is 35.6 Å². The van der Waals surface area contributed by atoms with Crippen LogP contribution in [0.2, 0.25) is 0 Å². The second-order valence-corrected chi connectivity index (χ2v) is 3.31. The third-order valence-electron chi connectivity index (χ3n) is 1.99. The first-order valence-electron chi connectivity index (χ1n) is 5.19. The molecule has 17 heavy (non-hydrogen) atoms. The van der Waals surface area contributed by atoms with Crippen LogP contribution < -0.4 is 10.6 Å². The molecule has 0 bridgehead atoms. The average molecular weight is 242 g/mol. The summed E-state index contributed by atoms with van der Waals surface area (Å²) in [5.41, 5.74) is 0. The van der Waals surface area contributed by atoms with Crippen molar-refractivity contribution in [2.24, 2.45) is 0 Å². The molecule has 0 saturated carbocycles. The highest BCUT2D eigenvalue weighted by Gasteiger charge is 2.16. The van der Waals surface area contributed by atoms with Gasteiger partial charge in [-0.3, -0.25) is 0 Å². The Labute approximate surface area is 98.6 Å². The second-order valence-electron chi connectivity index (χ2n) is 3.31. The topological polar surface area (TPSA) is 76.1 Å². The largest absolute Gasteiger partial charge is 0.467 e. The number of nitrogens with zero attached hydrogens (tertiary/aromatic N) is 2. The normalized spacial score (nSPS) is 11.8. The Morgan fingerprint density at radius 3 is 2.94 bits per heavy atom. The van der Waals surface area contributed by atoms with Gasteiger partial charge in [-0.25, -0.2) is 14.2 Å². The summed E-state index contributed by atoms with van der Waals surface area (Å²) in [7, 11) is 1.26. The molecule has 0 amide bonds. The van der Waals surface area contributed by atoms with Crippen LogP contribution in [0.3, 0.4) is 0 Å². The fraction of sp³-hybridized carbons (Fsp3) is 0.500. The molecule has 0 aliphatic rings. The molecule has 0 aromatic carbocycles. The molecule has 0 spiro atoms. The summed E-state index contributed by atoms with van der Waals surface area (Å²) in [5.74, 6) is -0.849. The zero-order chi connectivity index (χ0) is 12.8. The number of rotatable bonds is 5. The summed E-state index contributed by atoms with van der Waals surface area (Å²) < 4.78 is 17.9. The Morgan fingerprint density at radius 1 is 1.65 bits per heavy atom. The van der Waals surface area contributed by atoms with E-state index in [9.17, 15) is 9.18 Å². The van der Waals surface area contributed by atoms with Crippen molar-refractivity contribution in [3.05, 3.63) is 12.0 Å². The van der Waals surface area contributed by atoms with Crippen LogP contribution in [0.25, 0.3) is 0 Å². The van der Waals surface area contributed by atoms with Crippen LogP contribution in [0.4, 0.5) is 16.2 Å². The third-order valence-corrected chi connectivity index (χ3v) is 1.99.